The summed E-state index contributed by atoms with van der Waals surface area (Å²) in [5, 5.41) is 10.2. The van der Waals surface area contributed by atoms with Gasteiger partial charge in [-0.05, 0) is 19.4 Å². The second-order valence-corrected chi connectivity index (χ2v) is 6.52. The van der Waals surface area contributed by atoms with Gasteiger partial charge in [0.25, 0.3) is 5.91 Å². The van der Waals surface area contributed by atoms with Crippen LogP contribution in [0.5, 0.6) is 0 Å². The van der Waals surface area contributed by atoms with Crippen LogP contribution in [0.3, 0.4) is 0 Å². The molecule has 9 nitrogen and oxygen atoms in total. The van der Waals surface area contributed by atoms with Gasteiger partial charge in [-0.3, -0.25) is 19.7 Å². The summed E-state index contributed by atoms with van der Waals surface area (Å²) in [6.45, 7) is 3.37. The zero-order chi connectivity index (χ0) is 20.5. The molecule has 0 bridgehead atoms. The van der Waals surface area contributed by atoms with Crippen LogP contribution in [0.2, 0.25) is 0 Å². The average Bonchev–Trinajstić information content (AvgIpc) is 3.14. The normalized spacial score (nSPS) is 13.1. The average molecular weight is 388 g/mol. The Balaban J connectivity index is 1.70. The Labute approximate surface area is 163 Å². The van der Waals surface area contributed by atoms with Gasteiger partial charge >= 0.3 is 12.0 Å². The van der Waals surface area contributed by atoms with Crippen LogP contribution >= 0.6 is 0 Å². The number of hydrogen-bond acceptors (Lipinski definition) is 6. The number of hydrazone groups is 1. The molecular weight excluding hydrogens is 364 g/mol. The van der Waals surface area contributed by atoms with Crippen molar-refractivity contribution in [1.82, 2.24) is 15.6 Å². The van der Waals surface area contributed by atoms with E-state index in [-0.39, 0.29) is 24.8 Å². The first kappa shape index (κ1) is 21.1. The van der Waals surface area contributed by atoms with Crippen LogP contribution in [0.25, 0.3) is 0 Å². The van der Waals surface area contributed by atoms with Crippen molar-refractivity contribution in [2.75, 3.05) is 13.2 Å². The van der Waals surface area contributed by atoms with Gasteiger partial charge in [-0.15, -0.1) is 0 Å². The molecule has 0 spiro atoms. The molecule has 28 heavy (non-hydrogen) atoms. The molecular formula is C19H24N4O5. The van der Waals surface area contributed by atoms with Crippen LogP contribution in [0.1, 0.15) is 38.7 Å². The van der Waals surface area contributed by atoms with Gasteiger partial charge in [0, 0.05) is 18.9 Å². The minimum atomic E-state index is -0.741. The maximum absolute atomic E-state index is 12.2. The van der Waals surface area contributed by atoms with Crippen molar-refractivity contribution in [2.45, 2.75) is 39.2 Å². The Hall–Kier alpha value is -3.23. The predicted octanol–water partition coefficient (Wildman–Crippen LogP) is 1.18. The van der Waals surface area contributed by atoms with Gasteiger partial charge in [0.15, 0.2) is 6.61 Å². The summed E-state index contributed by atoms with van der Waals surface area (Å²) < 4.78 is 4.78. The third kappa shape index (κ3) is 6.82. The number of carbonyl (C=O) groups excluding carboxylic acids is 4. The van der Waals surface area contributed by atoms with Crippen molar-refractivity contribution in [3.63, 3.8) is 0 Å². The highest BCUT2D eigenvalue weighted by Gasteiger charge is 2.22. The van der Waals surface area contributed by atoms with Crippen molar-refractivity contribution in [3.8, 4) is 0 Å². The number of amides is 4. The van der Waals surface area contributed by atoms with E-state index in [0.29, 0.717) is 13.0 Å². The van der Waals surface area contributed by atoms with E-state index in [0.717, 1.165) is 11.3 Å². The molecule has 1 heterocycles. The van der Waals surface area contributed by atoms with Gasteiger partial charge < -0.3 is 10.1 Å². The first-order valence-electron chi connectivity index (χ1n) is 9.04. The molecule has 0 atom stereocenters. The lowest BCUT2D eigenvalue weighted by atomic mass is 10.1. The number of hydrogen-bond donors (Lipinski definition) is 2. The molecule has 0 saturated heterocycles. The molecule has 9 heteroatoms. The Morgan fingerprint density at radius 1 is 1.14 bits per heavy atom. The van der Waals surface area contributed by atoms with E-state index in [2.05, 4.69) is 10.4 Å². The quantitative estimate of drug-likeness (QED) is 0.680. The summed E-state index contributed by atoms with van der Waals surface area (Å²) >= 11 is 0. The molecule has 0 aliphatic carbocycles. The van der Waals surface area contributed by atoms with E-state index in [1.165, 1.54) is 5.01 Å². The molecule has 1 aliphatic rings. The van der Waals surface area contributed by atoms with E-state index >= 15 is 0 Å². The van der Waals surface area contributed by atoms with E-state index in [9.17, 15) is 19.2 Å². The zero-order valence-corrected chi connectivity index (χ0v) is 15.9. The fraction of sp³-hybridized carbons (Fsp3) is 0.421. The Bertz CT molecular complexity index is 761. The molecule has 1 aliphatic heterocycles. The van der Waals surface area contributed by atoms with Gasteiger partial charge in [-0.1, -0.05) is 30.3 Å². The van der Waals surface area contributed by atoms with Gasteiger partial charge in [0.1, 0.15) is 0 Å². The van der Waals surface area contributed by atoms with Crippen LogP contribution in [-0.4, -0.2) is 53.7 Å². The van der Waals surface area contributed by atoms with Crippen LogP contribution < -0.4 is 10.6 Å². The summed E-state index contributed by atoms with van der Waals surface area (Å²) in [5.41, 5.74) is 1.79. The van der Waals surface area contributed by atoms with Crippen LogP contribution in [0.15, 0.2) is 35.4 Å². The first-order chi connectivity index (χ1) is 13.3. The number of urea groups is 1. The summed E-state index contributed by atoms with van der Waals surface area (Å²) in [6.07, 6.45) is 0.412. The van der Waals surface area contributed by atoms with Crippen molar-refractivity contribution in [2.24, 2.45) is 5.10 Å². The maximum atomic E-state index is 12.2. The topological polar surface area (TPSA) is 117 Å². The van der Waals surface area contributed by atoms with Crippen molar-refractivity contribution in [3.05, 3.63) is 35.9 Å². The minimum Gasteiger partial charge on any atom is -0.456 e. The van der Waals surface area contributed by atoms with Crippen LogP contribution in [-0.2, 0) is 19.1 Å². The molecule has 0 unspecified atom stereocenters. The highest BCUT2D eigenvalue weighted by molar-refractivity contribution is 6.02. The molecule has 0 fully saturated rings. The third-order valence-corrected chi connectivity index (χ3v) is 3.78. The first-order valence-corrected chi connectivity index (χ1v) is 9.04. The lowest BCUT2D eigenvalue weighted by Gasteiger charge is -2.11. The largest absolute Gasteiger partial charge is 0.456 e. The number of carbonyl (C=O) groups is 4. The van der Waals surface area contributed by atoms with Gasteiger partial charge in [-0.2, -0.15) is 5.10 Å². The van der Waals surface area contributed by atoms with Gasteiger partial charge in [0.2, 0.25) is 5.91 Å². The molecule has 0 aromatic heterocycles. The monoisotopic (exact) mass is 388 g/mol. The second kappa shape index (κ2) is 10.2. The molecule has 0 radical (unpaired) electrons. The van der Waals surface area contributed by atoms with Gasteiger partial charge in [-0.25, -0.2) is 9.80 Å². The van der Waals surface area contributed by atoms with Crippen molar-refractivity contribution >= 4 is 29.5 Å². The number of ether oxygens (including phenoxy) is 1. The number of imide groups is 1. The SMILES string of the molecule is CC(C)NC(=O)NC(=O)COC(=O)CCC(=O)N1CCC(c2ccccc2)=N1. The Morgan fingerprint density at radius 2 is 1.86 bits per heavy atom. The van der Waals surface area contributed by atoms with E-state index in [1.807, 2.05) is 35.6 Å². The number of benzene rings is 1. The predicted molar refractivity (Wildman–Crippen MR) is 101 cm³/mol. The fourth-order valence-electron chi connectivity index (χ4n) is 2.49. The van der Waals surface area contributed by atoms with E-state index < -0.39 is 24.5 Å². The standard InChI is InChI=1S/C19H24N4O5/c1-13(2)20-19(27)21-16(24)12-28-18(26)9-8-17(25)23-11-10-15(22-23)14-6-4-3-5-7-14/h3-7,13H,8-12H2,1-2H3,(H2,20,21,24,27). The Kier molecular flexibility index (Phi) is 7.67. The highest BCUT2D eigenvalue weighted by Crippen LogP contribution is 2.15. The van der Waals surface area contributed by atoms with E-state index in [4.69, 9.17) is 4.74 Å². The smallest absolute Gasteiger partial charge is 0.321 e. The summed E-state index contributed by atoms with van der Waals surface area (Å²) in [7, 11) is 0. The number of rotatable bonds is 7. The number of nitrogens with one attached hydrogen (secondary N) is 2. The lowest BCUT2D eigenvalue weighted by Crippen LogP contribution is -2.44. The second-order valence-electron chi connectivity index (χ2n) is 6.52. The number of esters is 1. The third-order valence-electron chi connectivity index (χ3n) is 3.78. The lowest BCUT2D eigenvalue weighted by molar-refractivity contribution is -0.149. The van der Waals surface area contributed by atoms with E-state index in [1.54, 1.807) is 13.8 Å². The molecule has 150 valence electrons. The fourth-order valence-corrected chi connectivity index (χ4v) is 2.49. The molecule has 1 aromatic rings. The molecule has 1 aromatic carbocycles. The number of nitrogens with zero attached hydrogens (tertiary/aromatic N) is 2. The molecule has 4 amide bonds. The van der Waals surface area contributed by atoms with Gasteiger partial charge in [0.05, 0.1) is 18.7 Å². The highest BCUT2D eigenvalue weighted by atomic mass is 16.5. The molecule has 2 N–H and O–H groups in total. The molecule has 0 saturated carbocycles. The summed E-state index contributed by atoms with van der Waals surface area (Å²) in [6, 6.07) is 8.78. The molecule has 2 rings (SSSR count). The van der Waals surface area contributed by atoms with Crippen LogP contribution in [0.4, 0.5) is 4.79 Å². The van der Waals surface area contributed by atoms with Crippen molar-refractivity contribution in [1.29, 1.82) is 0 Å². The zero-order valence-electron chi connectivity index (χ0n) is 15.9. The maximum Gasteiger partial charge on any atom is 0.321 e. The van der Waals surface area contributed by atoms with Crippen LogP contribution in [0, 0.1) is 0 Å². The summed E-state index contributed by atoms with van der Waals surface area (Å²) in [4.78, 5) is 46.8. The summed E-state index contributed by atoms with van der Waals surface area (Å²) in [5.74, 6) is -1.72. The van der Waals surface area contributed by atoms with Crippen molar-refractivity contribution < 1.29 is 23.9 Å². The minimum absolute atomic E-state index is 0.0696. The Morgan fingerprint density at radius 3 is 2.54 bits per heavy atom.